The maximum atomic E-state index is 14.1. The lowest BCUT2D eigenvalue weighted by Gasteiger charge is -2.31. The summed E-state index contributed by atoms with van der Waals surface area (Å²) < 4.78 is 80.6. The van der Waals surface area contributed by atoms with Crippen molar-refractivity contribution in [2.75, 3.05) is 35.1 Å². The van der Waals surface area contributed by atoms with Crippen molar-refractivity contribution in [3.63, 3.8) is 0 Å². The SMILES string of the molecule is COc1ccc(OC)c(NS(=O)(=O)c2ccc(NC(=O)CN3c4ccc(F)cc4-c4ccccc4S3(=O)=O)cc2)c1. The number of anilines is 3. The van der Waals surface area contributed by atoms with Crippen molar-refractivity contribution in [3.05, 3.63) is 90.7 Å². The molecule has 2 N–H and O–H groups in total. The number of ether oxygens (including phenoxy) is 2. The van der Waals surface area contributed by atoms with E-state index in [2.05, 4.69) is 10.0 Å². The van der Waals surface area contributed by atoms with E-state index in [1.165, 1.54) is 62.8 Å². The highest BCUT2D eigenvalue weighted by Crippen LogP contribution is 2.43. The molecule has 0 saturated heterocycles. The maximum absolute atomic E-state index is 14.1. The number of nitrogens with zero attached hydrogens (tertiary/aromatic N) is 1. The normalized spacial score (nSPS) is 13.5. The second-order valence-corrected chi connectivity index (χ2v) is 12.4. The molecular weight excluding hydrogens is 573 g/mol. The molecule has 0 aromatic heterocycles. The van der Waals surface area contributed by atoms with Crippen molar-refractivity contribution in [1.82, 2.24) is 0 Å². The van der Waals surface area contributed by atoms with Gasteiger partial charge in [0, 0.05) is 22.9 Å². The molecular formula is C28H24FN3O7S2. The van der Waals surface area contributed by atoms with Gasteiger partial charge in [0.25, 0.3) is 20.0 Å². The molecule has 41 heavy (non-hydrogen) atoms. The van der Waals surface area contributed by atoms with Crippen LogP contribution in [0.15, 0.2) is 94.7 Å². The van der Waals surface area contributed by atoms with Crippen LogP contribution < -0.4 is 23.8 Å². The van der Waals surface area contributed by atoms with Gasteiger partial charge in [0.15, 0.2) is 0 Å². The minimum absolute atomic E-state index is 0.0411. The summed E-state index contributed by atoms with van der Waals surface area (Å²) in [5, 5.41) is 2.58. The zero-order valence-corrected chi connectivity index (χ0v) is 23.4. The molecule has 0 atom stereocenters. The van der Waals surface area contributed by atoms with E-state index in [1.54, 1.807) is 30.3 Å². The van der Waals surface area contributed by atoms with E-state index >= 15 is 0 Å². The summed E-state index contributed by atoms with van der Waals surface area (Å²) in [6, 6.07) is 19.8. The van der Waals surface area contributed by atoms with Gasteiger partial charge in [-0.25, -0.2) is 21.2 Å². The molecule has 0 bridgehead atoms. The van der Waals surface area contributed by atoms with Crippen molar-refractivity contribution in [3.8, 4) is 22.6 Å². The Bertz CT molecular complexity index is 1860. The number of carbonyl (C=O) groups is 1. The molecule has 0 unspecified atom stereocenters. The minimum Gasteiger partial charge on any atom is -0.497 e. The summed E-state index contributed by atoms with van der Waals surface area (Å²) in [5.41, 5.74) is 1.27. The van der Waals surface area contributed by atoms with Gasteiger partial charge in [-0.1, -0.05) is 18.2 Å². The van der Waals surface area contributed by atoms with E-state index in [9.17, 15) is 26.0 Å². The number of hydrogen-bond donors (Lipinski definition) is 2. The molecule has 5 rings (SSSR count). The van der Waals surface area contributed by atoms with Gasteiger partial charge in [0.2, 0.25) is 5.91 Å². The van der Waals surface area contributed by atoms with Crippen molar-refractivity contribution in [2.24, 2.45) is 0 Å². The number of amides is 1. The van der Waals surface area contributed by atoms with Crippen LogP contribution in [0, 0.1) is 5.82 Å². The van der Waals surface area contributed by atoms with Crippen LogP contribution in [0.5, 0.6) is 11.5 Å². The second kappa shape index (κ2) is 10.7. The predicted molar refractivity (Wildman–Crippen MR) is 152 cm³/mol. The van der Waals surface area contributed by atoms with Crippen LogP contribution in [0.4, 0.5) is 21.5 Å². The van der Waals surface area contributed by atoms with E-state index in [1.807, 2.05) is 0 Å². The van der Waals surface area contributed by atoms with Crippen molar-refractivity contribution >= 4 is 43.0 Å². The van der Waals surface area contributed by atoms with Gasteiger partial charge in [-0.05, 0) is 60.7 Å². The summed E-state index contributed by atoms with van der Waals surface area (Å²) in [6.07, 6.45) is 0. The third-order valence-corrected chi connectivity index (χ3v) is 9.56. The van der Waals surface area contributed by atoms with Crippen LogP contribution in [0.3, 0.4) is 0 Å². The Morgan fingerprint density at radius 2 is 1.63 bits per heavy atom. The molecule has 4 aromatic carbocycles. The first-order chi connectivity index (χ1) is 19.5. The molecule has 1 amide bonds. The summed E-state index contributed by atoms with van der Waals surface area (Å²) in [4.78, 5) is 12.8. The van der Waals surface area contributed by atoms with Crippen LogP contribution in [0.2, 0.25) is 0 Å². The van der Waals surface area contributed by atoms with Crippen LogP contribution in [0.25, 0.3) is 11.1 Å². The van der Waals surface area contributed by atoms with E-state index in [-0.39, 0.29) is 32.6 Å². The fourth-order valence-electron chi connectivity index (χ4n) is 4.42. The van der Waals surface area contributed by atoms with Crippen molar-refractivity contribution in [2.45, 2.75) is 9.79 Å². The Morgan fingerprint density at radius 1 is 0.902 bits per heavy atom. The quantitative estimate of drug-likeness (QED) is 0.307. The van der Waals surface area contributed by atoms with Gasteiger partial charge in [-0.2, -0.15) is 0 Å². The highest BCUT2D eigenvalue weighted by Gasteiger charge is 2.36. The second-order valence-electron chi connectivity index (χ2n) is 8.91. The molecule has 0 saturated carbocycles. The zero-order valence-electron chi connectivity index (χ0n) is 21.8. The Morgan fingerprint density at radius 3 is 2.34 bits per heavy atom. The van der Waals surface area contributed by atoms with Gasteiger partial charge in [0.05, 0.1) is 35.4 Å². The van der Waals surface area contributed by atoms with Gasteiger partial charge in [-0.15, -0.1) is 0 Å². The number of fused-ring (bicyclic) bond motifs is 3. The highest BCUT2D eigenvalue weighted by atomic mass is 32.2. The first kappa shape index (κ1) is 27.9. The third kappa shape index (κ3) is 5.41. The standard InChI is InChI=1S/C28H24FN3O7S2/c1-38-20-10-14-26(39-2)24(16-20)31-40(34,35)21-11-8-19(9-12-21)30-28(33)17-32-25-13-7-18(29)15-23(25)22-5-3-4-6-27(22)41(32,36)37/h3-16,31H,17H2,1-2H3,(H,30,33). The van der Waals surface area contributed by atoms with Gasteiger partial charge >= 0.3 is 0 Å². The molecule has 0 radical (unpaired) electrons. The zero-order chi connectivity index (χ0) is 29.4. The molecule has 4 aromatic rings. The predicted octanol–water partition coefficient (Wildman–Crippen LogP) is 4.46. The van der Waals surface area contributed by atoms with Gasteiger partial charge in [-0.3, -0.25) is 13.8 Å². The van der Waals surface area contributed by atoms with E-state index in [0.29, 0.717) is 16.9 Å². The maximum Gasteiger partial charge on any atom is 0.265 e. The molecule has 0 aliphatic carbocycles. The van der Waals surface area contributed by atoms with Crippen LogP contribution >= 0.6 is 0 Å². The number of benzene rings is 4. The third-order valence-electron chi connectivity index (χ3n) is 6.36. The lowest BCUT2D eigenvalue weighted by Crippen LogP contribution is -2.40. The number of carbonyl (C=O) groups excluding carboxylic acids is 1. The molecule has 0 fully saturated rings. The smallest absolute Gasteiger partial charge is 0.265 e. The average molecular weight is 598 g/mol. The fraction of sp³-hybridized carbons (Fsp3) is 0.107. The van der Waals surface area contributed by atoms with Crippen LogP contribution in [-0.2, 0) is 24.8 Å². The Balaban J connectivity index is 1.34. The average Bonchev–Trinajstić information content (AvgIpc) is 2.95. The van der Waals surface area contributed by atoms with E-state index in [4.69, 9.17) is 9.47 Å². The van der Waals surface area contributed by atoms with Gasteiger partial charge < -0.3 is 14.8 Å². The Kier molecular flexibility index (Phi) is 7.32. The first-order valence-electron chi connectivity index (χ1n) is 12.1. The van der Waals surface area contributed by atoms with Crippen LogP contribution in [0.1, 0.15) is 0 Å². The number of halogens is 1. The largest absolute Gasteiger partial charge is 0.497 e. The lowest BCUT2D eigenvalue weighted by atomic mass is 10.0. The molecule has 10 nitrogen and oxygen atoms in total. The summed E-state index contributed by atoms with van der Waals surface area (Å²) in [5.74, 6) is -0.513. The number of rotatable bonds is 8. The molecule has 1 heterocycles. The molecule has 212 valence electrons. The Hall–Kier alpha value is -4.62. The van der Waals surface area contributed by atoms with E-state index in [0.717, 1.165) is 10.4 Å². The van der Waals surface area contributed by atoms with Crippen molar-refractivity contribution in [1.29, 1.82) is 0 Å². The number of hydrogen-bond acceptors (Lipinski definition) is 7. The van der Waals surface area contributed by atoms with E-state index < -0.39 is 38.3 Å². The highest BCUT2D eigenvalue weighted by molar-refractivity contribution is 7.93. The minimum atomic E-state index is -4.12. The van der Waals surface area contributed by atoms with Crippen LogP contribution in [-0.4, -0.2) is 43.5 Å². The monoisotopic (exact) mass is 597 g/mol. The molecule has 1 aliphatic heterocycles. The summed E-state index contributed by atoms with van der Waals surface area (Å²) in [7, 11) is -5.30. The topological polar surface area (TPSA) is 131 Å². The summed E-state index contributed by atoms with van der Waals surface area (Å²) in [6.45, 7) is -0.591. The molecule has 1 aliphatic rings. The molecule has 13 heteroatoms. The van der Waals surface area contributed by atoms with Crippen molar-refractivity contribution < 1.29 is 35.5 Å². The molecule has 0 spiro atoms. The lowest BCUT2D eigenvalue weighted by molar-refractivity contribution is -0.114. The first-order valence-corrected chi connectivity index (χ1v) is 15.0. The number of sulfonamides is 2. The number of methoxy groups -OCH3 is 2. The fourth-order valence-corrected chi connectivity index (χ4v) is 7.13. The summed E-state index contributed by atoms with van der Waals surface area (Å²) >= 11 is 0. The number of nitrogens with one attached hydrogen (secondary N) is 2. The Labute approximate surface area is 236 Å². The van der Waals surface area contributed by atoms with Gasteiger partial charge in [0.1, 0.15) is 23.9 Å².